The smallest absolute Gasteiger partial charge is 0.240 e. The molecular formula is C16H21N3O3S2. The van der Waals surface area contributed by atoms with E-state index in [9.17, 15) is 8.42 Å². The van der Waals surface area contributed by atoms with Crippen molar-refractivity contribution in [3.05, 3.63) is 34.8 Å². The molecule has 1 aromatic heterocycles. The van der Waals surface area contributed by atoms with Crippen molar-refractivity contribution in [2.75, 3.05) is 25.1 Å². The minimum Gasteiger partial charge on any atom is -0.496 e. The van der Waals surface area contributed by atoms with Crippen molar-refractivity contribution in [1.29, 1.82) is 0 Å². The van der Waals surface area contributed by atoms with Gasteiger partial charge >= 0.3 is 0 Å². The zero-order valence-electron chi connectivity index (χ0n) is 13.9. The molecule has 1 aliphatic heterocycles. The summed E-state index contributed by atoms with van der Waals surface area (Å²) in [5.74, 6) is 0.727. The lowest BCUT2D eigenvalue weighted by Crippen LogP contribution is -2.37. The fourth-order valence-corrected chi connectivity index (χ4v) is 5.19. The molecular weight excluding hydrogens is 346 g/mol. The first-order valence-electron chi connectivity index (χ1n) is 7.72. The first-order chi connectivity index (χ1) is 11.4. The van der Waals surface area contributed by atoms with Crippen molar-refractivity contribution in [3.63, 3.8) is 0 Å². The van der Waals surface area contributed by atoms with Gasteiger partial charge in [-0.05, 0) is 43.5 Å². The second-order valence-corrected chi connectivity index (χ2v) is 8.54. The summed E-state index contributed by atoms with van der Waals surface area (Å²) in [6.45, 7) is 5.15. The molecule has 2 heterocycles. The summed E-state index contributed by atoms with van der Waals surface area (Å²) < 4.78 is 33.5. The lowest BCUT2D eigenvalue weighted by molar-refractivity contribution is 0.408. The fourth-order valence-electron chi connectivity index (χ4n) is 3.08. The maximum absolute atomic E-state index is 12.7. The number of hydrogen-bond acceptors (Lipinski definition) is 6. The minimum atomic E-state index is -3.56. The van der Waals surface area contributed by atoms with E-state index in [2.05, 4.69) is 14.6 Å². The van der Waals surface area contributed by atoms with Crippen molar-refractivity contribution in [2.45, 2.75) is 31.2 Å². The number of aryl methyl sites for hydroxylation is 2. The van der Waals surface area contributed by atoms with Gasteiger partial charge in [0.05, 0.1) is 12.0 Å². The highest BCUT2D eigenvalue weighted by molar-refractivity contribution is 7.89. The number of benzene rings is 1. The van der Waals surface area contributed by atoms with Gasteiger partial charge in [0, 0.05) is 30.7 Å². The average molecular weight is 367 g/mol. The zero-order valence-corrected chi connectivity index (χ0v) is 15.6. The number of sulfonamides is 1. The molecule has 1 aromatic carbocycles. The lowest BCUT2D eigenvalue weighted by Gasteiger charge is -2.17. The van der Waals surface area contributed by atoms with Crippen LogP contribution < -0.4 is 14.4 Å². The maximum atomic E-state index is 12.7. The minimum absolute atomic E-state index is 0.110. The van der Waals surface area contributed by atoms with E-state index < -0.39 is 10.0 Å². The molecule has 1 aliphatic rings. The molecule has 2 aromatic rings. The number of ether oxygens (including phenoxy) is 1. The van der Waals surface area contributed by atoms with Crippen molar-refractivity contribution >= 4 is 26.5 Å². The van der Waals surface area contributed by atoms with E-state index in [0.717, 1.165) is 35.0 Å². The van der Waals surface area contributed by atoms with Crippen molar-refractivity contribution < 1.29 is 13.2 Å². The number of methoxy groups -OCH3 is 1. The Bertz CT molecular complexity index is 796. The van der Waals surface area contributed by atoms with Gasteiger partial charge in [-0.1, -0.05) is 0 Å². The highest BCUT2D eigenvalue weighted by Gasteiger charge is 2.28. The fraction of sp³-hybridized carbons (Fsp3) is 0.438. The predicted octanol–water partition coefficient (Wildman–Crippen LogP) is 2.33. The van der Waals surface area contributed by atoms with Crippen LogP contribution in [0.5, 0.6) is 5.75 Å². The highest BCUT2D eigenvalue weighted by Crippen LogP contribution is 2.27. The molecule has 0 aliphatic carbocycles. The summed E-state index contributed by atoms with van der Waals surface area (Å²) in [5, 5.41) is 2.86. The van der Waals surface area contributed by atoms with Crippen LogP contribution in [0.1, 0.15) is 17.5 Å². The van der Waals surface area contributed by atoms with Gasteiger partial charge in [0.1, 0.15) is 5.75 Å². The molecule has 1 atom stereocenters. The van der Waals surface area contributed by atoms with Gasteiger partial charge in [-0.3, -0.25) is 0 Å². The maximum Gasteiger partial charge on any atom is 0.240 e. The molecule has 8 heteroatoms. The molecule has 1 saturated heterocycles. The van der Waals surface area contributed by atoms with Crippen LogP contribution in [-0.4, -0.2) is 39.6 Å². The van der Waals surface area contributed by atoms with Crippen LogP contribution in [0.25, 0.3) is 0 Å². The average Bonchev–Trinajstić information content (AvgIpc) is 3.17. The molecule has 0 amide bonds. The van der Waals surface area contributed by atoms with Gasteiger partial charge in [-0.25, -0.2) is 18.1 Å². The largest absolute Gasteiger partial charge is 0.496 e. The van der Waals surface area contributed by atoms with Gasteiger partial charge in [0.2, 0.25) is 10.0 Å². The molecule has 0 spiro atoms. The normalized spacial score (nSPS) is 18.1. The standard InChI is InChI=1S/C16H21N3O3S2/c1-11-8-14(9-12(2)15(11)22-3)24(20,21)18-13-4-6-19(10-13)16-17-5-7-23-16/h5,7-9,13,18H,4,6,10H2,1-3H3. The van der Waals surface area contributed by atoms with Gasteiger partial charge in [0.15, 0.2) is 5.13 Å². The first-order valence-corrected chi connectivity index (χ1v) is 10.1. The van der Waals surface area contributed by atoms with Crippen molar-refractivity contribution in [1.82, 2.24) is 9.71 Å². The molecule has 130 valence electrons. The van der Waals surface area contributed by atoms with Crippen LogP contribution >= 0.6 is 11.3 Å². The number of hydrogen-bond donors (Lipinski definition) is 1. The Kier molecular flexibility index (Phi) is 4.80. The van der Waals surface area contributed by atoms with Gasteiger partial charge in [-0.15, -0.1) is 11.3 Å². The summed E-state index contributed by atoms with van der Waals surface area (Å²) in [6.07, 6.45) is 2.54. The third kappa shape index (κ3) is 3.40. The molecule has 1 unspecified atom stereocenters. The molecule has 3 rings (SSSR count). The Morgan fingerprint density at radius 3 is 2.62 bits per heavy atom. The van der Waals surface area contributed by atoms with Crippen LogP contribution in [-0.2, 0) is 10.0 Å². The number of nitrogens with zero attached hydrogens (tertiary/aromatic N) is 2. The number of thiazole rings is 1. The van der Waals surface area contributed by atoms with E-state index >= 15 is 0 Å². The summed E-state index contributed by atoms with van der Waals surface area (Å²) in [5.41, 5.74) is 1.63. The van der Waals surface area contributed by atoms with Crippen LogP contribution in [0.15, 0.2) is 28.6 Å². The molecule has 1 fully saturated rings. The van der Waals surface area contributed by atoms with Gasteiger partial charge in [-0.2, -0.15) is 0 Å². The van der Waals surface area contributed by atoms with Gasteiger partial charge in [0.25, 0.3) is 0 Å². The van der Waals surface area contributed by atoms with E-state index in [-0.39, 0.29) is 10.9 Å². The molecule has 0 bridgehead atoms. The van der Waals surface area contributed by atoms with Crippen molar-refractivity contribution in [2.24, 2.45) is 0 Å². The van der Waals surface area contributed by atoms with Crippen LogP contribution in [0.2, 0.25) is 0 Å². The van der Waals surface area contributed by atoms with E-state index in [4.69, 9.17) is 4.74 Å². The predicted molar refractivity (Wildman–Crippen MR) is 95.5 cm³/mol. The Morgan fingerprint density at radius 1 is 1.33 bits per heavy atom. The molecule has 1 N–H and O–H groups in total. The van der Waals surface area contributed by atoms with Crippen LogP contribution in [0.3, 0.4) is 0 Å². The number of aromatic nitrogens is 1. The number of nitrogens with one attached hydrogen (secondary N) is 1. The Hall–Kier alpha value is -1.64. The number of anilines is 1. The quantitative estimate of drug-likeness (QED) is 0.878. The second kappa shape index (κ2) is 6.70. The number of rotatable bonds is 5. The topological polar surface area (TPSA) is 71.5 Å². The molecule has 6 nitrogen and oxygen atoms in total. The Balaban J connectivity index is 1.75. The zero-order chi connectivity index (χ0) is 17.3. The summed E-state index contributed by atoms with van der Waals surface area (Å²) in [6, 6.07) is 3.20. The van der Waals surface area contributed by atoms with E-state index in [1.807, 2.05) is 19.2 Å². The molecule has 24 heavy (non-hydrogen) atoms. The SMILES string of the molecule is COc1c(C)cc(S(=O)(=O)NC2CCN(c3nccs3)C2)cc1C. The van der Waals surface area contributed by atoms with E-state index in [0.29, 0.717) is 6.54 Å². The Labute approximate surface area is 146 Å². The summed E-state index contributed by atoms with van der Waals surface area (Å²) >= 11 is 1.57. The Morgan fingerprint density at radius 2 is 2.04 bits per heavy atom. The molecule has 0 saturated carbocycles. The van der Waals surface area contributed by atoms with Crippen LogP contribution in [0.4, 0.5) is 5.13 Å². The van der Waals surface area contributed by atoms with E-state index in [1.54, 1.807) is 36.8 Å². The summed E-state index contributed by atoms with van der Waals surface area (Å²) in [4.78, 5) is 6.68. The van der Waals surface area contributed by atoms with Crippen LogP contribution in [0, 0.1) is 13.8 Å². The first kappa shape index (κ1) is 17.2. The monoisotopic (exact) mass is 367 g/mol. The third-order valence-corrected chi connectivity index (χ3v) is 6.48. The summed E-state index contributed by atoms with van der Waals surface area (Å²) in [7, 11) is -1.96. The molecule has 0 radical (unpaired) electrons. The lowest BCUT2D eigenvalue weighted by atomic mass is 10.1. The highest BCUT2D eigenvalue weighted by atomic mass is 32.2. The van der Waals surface area contributed by atoms with Gasteiger partial charge < -0.3 is 9.64 Å². The second-order valence-electron chi connectivity index (χ2n) is 5.96. The third-order valence-electron chi connectivity index (χ3n) is 4.15. The van der Waals surface area contributed by atoms with E-state index in [1.165, 1.54) is 0 Å². The van der Waals surface area contributed by atoms with Crippen molar-refractivity contribution in [3.8, 4) is 5.75 Å².